The molecular formula is C30H49N7O7. The highest BCUT2D eigenvalue weighted by molar-refractivity contribution is 6.01. The van der Waals surface area contributed by atoms with Crippen molar-refractivity contribution < 1.29 is 33.4 Å². The van der Waals surface area contributed by atoms with Crippen LogP contribution in [0.5, 0.6) is 0 Å². The van der Waals surface area contributed by atoms with Crippen LogP contribution in [0.15, 0.2) is 5.10 Å². The Hall–Kier alpha value is -3.54. The zero-order valence-corrected chi connectivity index (χ0v) is 26.6. The standard InChI is InChI=1S/C30H49N7O7/c1-7-8-9-24(38)35-36-28(30(6)19-44-30)22(14-20(2)3)33-26(40)17-32-29(42)23(15-21(4)5)34-25(39)16-31-27(41)18-37-10-12-43-13-11-37/h1,20-23H,8-19H2,2-6H3,(H,31,41)(H,32,42)(H,33,40)(H,34,39)(H,35,38)/b36-28-/t22-,23-,30+/m0/s1. The van der Waals surface area contributed by atoms with Gasteiger partial charge < -0.3 is 30.7 Å². The monoisotopic (exact) mass is 619 g/mol. The fraction of sp³-hybridized carbons (Fsp3) is 0.733. The number of rotatable bonds is 18. The molecule has 3 atom stereocenters. The van der Waals surface area contributed by atoms with Gasteiger partial charge in [-0.3, -0.25) is 28.9 Å². The summed E-state index contributed by atoms with van der Waals surface area (Å²) in [4.78, 5) is 64.9. The Kier molecular flexibility index (Phi) is 15.3. The fourth-order valence-corrected chi connectivity index (χ4v) is 4.58. The van der Waals surface area contributed by atoms with E-state index in [9.17, 15) is 24.0 Å². The van der Waals surface area contributed by atoms with Gasteiger partial charge in [-0.05, 0) is 31.6 Å². The van der Waals surface area contributed by atoms with E-state index >= 15 is 0 Å². The van der Waals surface area contributed by atoms with Gasteiger partial charge in [-0.1, -0.05) is 27.7 Å². The van der Waals surface area contributed by atoms with Crippen molar-refractivity contribution in [2.45, 2.75) is 78.0 Å². The smallest absolute Gasteiger partial charge is 0.243 e. The van der Waals surface area contributed by atoms with Gasteiger partial charge in [-0.2, -0.15) is 5.10 Å². The van der Waals surface area contributed by atoms with Crippen LogP contribution in [0.1, 0.15) is 60.3 Å². The topological polar surface area (TPSA) is 183 Å². The molecule has 0 unspecified atom stereocenters. The summed E-state index contributed by atoms with van der Waals surface area (Å²) in [5, 5.41) is 15.1. The molecule has 14 heteroatoms. The summed E-state index contributed by atoms with van der Waals surface area (Å²) in [5.41, 5.74) is 2.25. The molecule has 2 aliphatic rings. The minimum atomic E-state index is -0.896. The van der Waals surface area contributed by atoms with Crippen molar-refractivity contribution in [3.05, 3.63) is 0 Å². The number of epoxide rings is 1. The van der Waals surface area contributed by atoms with Gasteiger partial charge in [0.05, 0.1) is 51.2 Å². The van der Waals surface area contributed by atoms with Crippen molar-refractivity contribution in [2.24, 2.45) is 16.9 Å². The van der Waals surface area contributed by atoms with Crippen LogP contribution < -0.4 is 26.7 Å². The van der Waals surface area contributed by atoms with E-state index in [1.807, 2.05) is 39.5 Å². The van der Waals surface area contributed by atoms with E-state index in [0.29, 0.717) is 51.5 Å². The molecule has 2 aliphatic heterocycles. The Bertz CT molecular complexity index is 1080. The lowest BCUT2D eigenvalue weighted by Crippen LogP contribution is -2.54. The number of carbonyl (C=O) groups excluding carboxylic acids is 5. The van der Waals surface area contributed by atoms with Crippen LogP contribution in [0.3, 0.4) is 0 Å². The van der Waals surface area contributed by atoms with Crippen LogP contribution in [0.4, 0.5) is 0 Å². The molecule has 5 amide bonds. The molecule has 2 rings (SSSR count). The highest BCUT2D eigenvalue weighted by atomic mass is 16.6. The van der Waals surface area contributed by atoms with Crippen LogP contribution in [-0.4, -0.2) is 110 Å². The Morgan fingerprint density at radius 3 is 2.02 bits per heavy atom. The Balaban J connectivity index is 1.95. The summed E-state index contributed by atoms with van der Waals surface area (Å²) in [6, 6.07) is -1.46. The fourth-order valence-electron chi connectivity index (χ4n) is 4.58. The minimum absolute atomic E-state index is 0.0695. The Labute approximate surface area is 260 Å². The Morgan fingerprint density at radius 2 is 1.45 bits per heavy atom. The first kappa shape index (κ1) is 36.7. The summed E-state index contributed by atoms with van der Waals surface area (Å²) in [5.74, 6) is 0.512. The van der Waals surface area contributed by atoms with Crippen molar-refractivity contribution in [3.8, 4) is 12.3 Å². The second kappa shape index (κ2) is 18.3. The molecule has 0 aromatic carbocycles. The summed E-state index contributed by atoms with van der Waals surface area (Å²) >= 11 is 0. The number of morpholine rings is 1. The van der Waals surface area contributed by atoms with Crippen molar-refractivity contribution >= 4 is 35.2 Å². The van der Waals surface area contributed by atoms with E-state index in [1.54, 1.807) is 0 Å². The predicted octanol–water partition coefficient (Wildman–Crippen LogP) is -0.713. The lowest BCUT2D eigenvalue weighted by molar-refractivity contribution is -0.131. The van der Waals surface area contributed by atoms with E-state index in [4.69, 9.17) is 15.9 Å². The average Bonchev–Trinajstić information content (AvgIpc) is 3.70. The van der Waals surface area contributed by atoms with Crippen LogP contribution >= 0.6 is 0 Å². The third-order valence-corrected chi connectivity index (χ3v) is 6.99. The van der Waals surface area contributed by atoms with Crippen molar-refractivity contribution in [1.82, 2.24) is 31.6 Å². The van der Waals surface area contributed by atoms with E-state index in [0.717, 1.165) is 0 Å². The van der Waals surface area contributed by atoms with Crippen LogP contribution in [0, 0.1) is 24.2 Å². The highest BCUT2D eigenvalue weighted by Crippen LogP contribution is 2.30. The van der Waals surface area contributed by atoms with E-state index in [-0.39, 0.29) is 56.1 Å². The predicted molar refractivity (Wildman–Crippen MR) is 164 cm³/mol. The molecule has 0 saturated carbocycles. The first-order valence-corrected chi connectivity index (χ1v) is 15.2. The van der Waals surface area contributed by atoms with Gasteiger partial charge in [0.15, 0.2) is 0 Å². The van der Waals surface area contributed by atoms with Crippen LogP contribution in [0.25, 0.3) is 0 Å². The van der Waals surface area contributed by atoms with Crippen molar-refractivity contribution in [2.75, 3.05) is 52.5 Å². The summed E-state index contributed by atoms with van der Waals surface area (Å²) in [7, 11) is 0. The first-order valence-electron chi connectivity index (χ1n) is 15.2. The van der Waals surface area contributed by atoms with E-state index in [2.05, 4.69) is 37.7 Å². The summed E-state index contributed by atoms with van der Waals surface area (Å²) < 4.78 is 10.9. The van der Waals surface area contributed by atoms with E-state index in [1.165, 1.54) is 0 Å². The summed E-state index contributed by atoms with van der Waals surface area (Å²) in [6.07, 6.45) is 6.48. The number of carbonyl (C=O) groups is 5. The molecule has 2 heterocycles. The van der Waals surface area contributed by atoms with Gasteiger partial charge in [0, 0.05) is 25.9 Å². The molecule has 2 saturated heterocycles. The van der Waals surface area contributed by atoms with Gasteiger partial charge in [0.2, 0.25) is 29.5 Å². The molecule has 44 heavy (non-hydrogen) atoms. The van der Waals surface area contributed by atoms with Gasteiger partial charge in [0.25, 0.3) is 0 Å². The molecule has 246 valence electrons. The quantitative estimate of drug-likeness (QED) is 0.0577. The maximum Gasteiger partial charge on any atom is 0.243 e. The Morgan fingerprint density at radius 1 is 0.886 bits per heavy atom. The number of hydrogen-bond acceptors (Lipinski definition) is 9. The molecule has 0 aromatic heterocycles. The van der Waals surface area contributed by atoms with Gasteiger partial charge in [0.1, 0.15) is 11.6 Å². The average molecular weight is 620 g/mol. The van der Waals surface area contributed by atoms with Crippen LogP contribution in [-0.2, 0) is 33.4 Å². The van der Waals surface area contributed by atoms with Gasteiger partial charge in [-0.15, -0.1) is 12.3 Å². The first-order chi connectivity index (χ1) is 20.8. The molecule has 0 aliphatic carbocycles. The van der Waals surface area contributed by atoms with Crippen molar-refractivity contribution in [3.63, 3.8) is 0 Å². The highest BCUT2D eigenvalue weighted by Gasteiger charge is 2.48. The molecule has 0 radical (unpaired) electrons. The lowest BCUT2D eigenvalue weighted by atomic mass is 9.92. The number of hydrogen-bond donors (Lipinski definition) is 5. The number of amides is 5. The number of ether oxygens (including phenoxy) is 2. The van der Waals surface area contributed by atoms with Crippen molar-refractivity contribution in [1.29, 1.82) is 0 Å². The zero-order chi connectivity index (χ0) is 32.7. The van der Waals surface area contributed by atoms with Crippen LogP contribution in [0.2, 0.25) is 0 Å². The maximum absolute atomic E-state index is 13.0. The second-order valence-corrected chi connectivity index (χ2v) is 12.1. The number of nitrogens with zero attached hydrogens (tertiary/aromatic N) is 2. The molecule has 14 nitrogen and oxygen atoms in total. The van der Waals surface area contributed by atoms with E-state index < -0.39 is 35.4 Å². The zero-order valence-electron chi connectivity index (χ0n) is 26.6. The molecule has 0 bridgehead atoms. The number of hydrazone groups is 1. The largest absolute Gasteiger partial charge is 0.379 e. The normalized spacial score (nSPS) is 19.8. The third kappa shape index (κ3) is 13.8. The SMILES string of the molecule is C#CCCC(=O)N/N=C(/[C@H](CC(C)C)NC(=O)CNC(=O)[C@H](CC(C)C)NC(=O)CNC(=O)CN1CCOCC1)[C@@]1(C)CO1. The number of terminal acetylenes is 1. The summed E-state index contributed by atoms with van der Waals surface area (Å²) in [6.45, 7) is 12.0. The third-order valence-electron chi connectivity index (χ3n) is 6.99. The second-order valence-electron chi connectivity index (χ2n) is 12.1. The molecular weight excluding hydrogens is 570 g/mol. The molecule has 5 N–H and O–H groups in total. The minimum Gasteiger partial charge on any atom is -0.379 e. The lowest BCUT2D eigenvalue weighted by Gasteiger charge is -2.26. The number of nitrogens with one attached hydrogen (secondary N) is 5. The maximum atomic E-state index is 13.0. The molecule has 2 fully saturated rings. The van der Waals surface area contributed by atoms with Gasteiger partial charge in [-0.25, -0.2) is 5.43 Å². The van der Waals surface area contributed by atoms with Gasteiger partial charge >= 0.3 is 0 Å². The molecule has 0 spiro atoms. The molecule has 0 aromatic rings.